The van der Waals surface area contributed by atoms with Crippen LogP contribution in [0, 0.1) is 6.92 Å². The van der Waals surface area contributed by atoms with E-state index in [0.29, 0.717) is 0 Å². The van der Waals surface area contributed by atoms with Crippen LogP contribution in [0.3, 0.4) is 0 Å². The topological polar surface area (TPSA) is 47.0 Å². The van der Waals surface area contributed by atoms with E-state index < -0.39 is 0 Å². The van der Waals surface area contributed by atoms with Crippen molar-refractivity contribution in [1.29, 1.82) is 0 Å². The van der Waals surface area contributed by atoms with Crippen LogP contribution >= 0.6 is 0 Å². The van der Waals surface area contributed by atoms with E-state index in [9.17, 15) is 0 Å². The smallest absolute Gasteiger partial charge is 0.125 e. The first-order chi connectivity index (χ1) is 12.3. The third-order valence-corrected chi connectivity index (χ3v) is 4.50. The molecule has 4 heteroatoms. The van der Waals surface area contributed by atoms with Crippen molar-refractivity contribution in [3.8, 4) is 17.0 Å². The van der Waals surface area contributed by atoms with Crippen LogP contribution in [0.4, 0.5) is 0 Å². The van der Waals surface area contributed by atoms with E-state index in [4.69, 9.17) is 4.74 Å². The minimum absolute atomic E-state index is 0.0607. The van der Waals surface area contributed by atoms with Gasteiger partial charge in [0, 0.05) is 18.5 Å². The molecular weight excluding hydrogens is 310 g/mol. The predicted octanol–water partition coefficient (Wildman–Crippen LogP) is 4.07. The molecule has 25 heavy (non-hydrogen) atoms. The first kappa shape index (κ1) is 15.8. The van der Waals surface area contributed by atoms with E-state index in [0.717, 1.165) is 42.2 Å². The molecule has 1 aromatic heterocycles. The van der Waals surface area contributed by atoms with Gasteiger partial charge in [0.15, 0.2) is 0 Å². The van der Waals surface area contributed by atoms with Gasteiger partial charge in [0.05, 0.1) is 11.4 Å². The van der Waals surface area contributed by atoms with Crippen LogP contribution in [-0.4, -0.2) is 16.7 Å². The van der Waals surface area contributed by atoms with E-state index in [-0.39, 0.29) is 6.10 Å². The maximum Gasteiger partial charge on any atom is 0.125 e. The molecule has 0 fully saturated rings. The summed E-state index contributed by atoms with van der Waals surface area (Å²) in [6.45, 7) is 3.73. The minimum Gasteiger partial charge on any atom is -0.486 e. The van der Waals surface area contributed by atoms with Crippen LogP contribution in [-0.2, 0) is 6.54 Å². The highest BCUT2D eigenvalue weighted by molar-refractivity contribution is 5.61. The summed E-state index contributed by atoms with van der Waals surface area (Å²) in [4.78, 5) is 0. The number of fused-ring (bicyclic) bond motifs is 1. The van der Waals surface area contributed by atoms with Crippen molar-refractivity contribution in [3.63, 3.8) is 0 Å². The molecular formula is C21H21N3O. The number of benzene rings is 2. The van der Waals surface area contributed by atoms with Crippen molar-refractivity contribution in [2.45, 2.75) is 26.0 Å². The van der Waals surface area contributed by atoms with Crippen molar-refractivity contribution < 1.29 is 4.74 Å². The Labute approximate surface area is 147 Å². The minimum atomic E-state index is 0.0607. The number of aryl methyl sites for hydroxylation is 1. The molecule has 0 saturated carbocycles. The Morgan fingerprint density at radius 2 is 1.88 bits per heavy atom. The number of rotatable bonds is 3. The third-order valence-electron chi connectivity index (χ3n) is 4.50. The number of nitrogens with one attached hydrogen (secondary N) is 1. The van der Waals surface area contributed by atoms with Gasteiger partial charge in [-0.2, -0.15) is 10.2 Å². The van der Waals surface area contributed by atoms with E-state index in [1.165, 1.54) is 11.1 Å². The summed E-state index contributed by atoms with van der Waals surface area (Å²) in [5.74, 6) is 0.911. The number of nitrogens with zero attached hydrogens (tertiary/aromatic N) is 2. The molecule has 3 aromatic rings. The van der Waals surface area contributed by atoms with Gasteiger partial charge < -0.3 is 10.1 Å². The highest BCUT2D eigenvalue weighted by Crippen LogP contribution is 2.31. The molecule has 0 amide bonds. The zero-order valence-electron chi connectivity index (χ0n) is 14.3. The van der Waals surface area contributed by atoms with Gasteiger partial charge in [0.2, 0.25) is 0 Å². The number of aromatic nitrogens is 2. The molecule has 4 rings (SSSR count). The molecule has 0 spiro atoms. The fourth-order valence-electron chi connectivity index (χ4n) is 3.18. The third kappa shape index (κ3) is 3.54. The lowest BCUT2D eigenvalue weighted by molar-refractivity contribution is 0.197. The van der Waals surface area contributed by atoms with Gasteiger partial charge in [0.1, 0.15) is 11.9 Å². The molecule has 2 aromatic carbocycles. The summed E-state index contributed by atoms with van der Waals surface area (Å²) in [7, 11) is 0. The predicted molar refractivity (Wildman–Crippen MR) is 98.3 cm³/mol. The summed E-state index contributed by atoms with van der Waals surface area (Å²) in [5.41, 5.74) is 5.43. The van der Waals surface area contributed by atoms with Crippen LogP contribution in [0.2, 0.25) is 0 Å². The molecule has 0 bridgehead atoms. The van der Waals surface area contributed by atoms with Crippen LogP contribution in [0.5, 0.6) is 5.75 Å². The second-order valence-electron chi connectivity index (χ2n) is 6.36. The summed E-state index contributed by atoms with van der Waals surface area (Å²) in [5, 5.41) is 12.0. The Balaban J connectivity index is 1.66. The van der Waals surface area contributed by atoms with Crippen LogP contribution in [0.25, 0.3) is 11.3 Å². The standard InChI is InChI=1S/C21H21N3O/c1-15-7-10-20(24-23-15)16-8-9-19-17(13-16)14-22-12-11-21(19)25-18-5-3-2-4-6-18/h2-10,13,21-22H,11-12,14H2,1H3. The van der Waals surface area contributed by atoms with Gasteiger partial charge in [-0.3, -0.25) is 0 Å². The molecule has 1 aliphatic rings. The van der Waals surface area contributed by atoms with Gasteiger partial charge in [0.25, 0.3) is 0 Å². The second kappa shape index (κ2) is 7.03. The average molecular weight is 331 g/mol. The van der Waals surface area contributed by atoms with E-state index >= 15 is 0 Å². The zero-order chi connectivity index (χ0) is 17.1. The monoisotopic (exact) mass is 331 g/mol. The highest BCUT2D eigenvalue weighted by Gasteiger charge is 2.20. The molecule has 126 valence electrons. The fourth-order valence-corrected chi connectivity index (χ4v) is 3.18. The lowest BCUT2D eigenvalue weighted by atomic mass is 9.97. The van der Waals surface area contributed by atoms with Crippen molar-refractivity contribution in [2.24, 2.45) is 0 Å². The largest absolute Gasteiger partial charge is 0.486 e. The van der Waals surface area contributed by atoms with Crippen molar-refractivity contribution in [3.05, 3.63) is 77.5 Å². The Morgan fingerprint density at radius 1 is 1.00 bits per heavy atom. The number of para-hydroxylation sites is 1. The average Bonchev–Trinajstić information content (AvgIpc) is 2.85. The molecule has 1 atom stereocenters. The zero-order valence-corrected chi connectivity index (χ0v) is 14.3. The Kier molecular flexibility index (Phi) is 4.44. The number of hydrogen-bond acceptors (Lipinski definition) is 4. The van der Waals surface area contributed by atoms with Crippen LogP contribution in [0.1, 0.15) is 29.3 Å². The van der Waals surface area contributed by atoms with Crippen LogP contribution in [0.15, 0.2) is 60.7 Å². The normalized spacial score (nSPS) is 16.8. The molecule has 1 unspecified atom stereocenters. The molecule has 1 N–H and O–H groups in total. The lowest BCUT2D eigenvalue weighted by Crippen LogP contribution is -2.13. The van der Waals surface area contributed by atoms with Gasteiger partial charge in [-0.05, 0) is 54.9 Å². The second-order valence-corrected chi connectivity index (χ2v) is 6.36. The molecule has 1 aliphatic heterocycles. The first-order valence-corrected chi connectivity index (χ1v) is 8.65. The summed E-state index contributed by atoms with van der Waals surface area (Å²) in [6, 6.07) is 20.5. The molecule has 0 radical (unpaired) electrons. The van der Waals surface area contributed by atoms with E-state index in [1.54, 1.807) is 0 Å². The van der Waals surface area contributed by atoms with Crippen molar-refractivity contribution in [1.82, 2.24) is 15.5 Å². The lowest BCUT2D eigenvalue weighted by Gasteiger charge is -2.20. The quantitative estimate of drug-likeness (QED) is 0.786. The Hall–Kier alpha value is -2.72. The highest BCUT2D eigenvalue weighted by atomic mass is 16.5. The summed E-state index contributed by atoms with van der Waals surface area (Å²) >= 11 is 0. The fraction of sp³-hybridized carbons (Fsp3) is 0.238. The van der Waals surface area contributed by atoms with Gasteiger partial charge >= 0.3 is 0 Å². The molecule has 0 saturated heterocycles. The van der Waals surface area contributed by atoms with E-state index in [1.807, 2.05) is 49.4 Å². The molecule has 0 aliphatic carbocycles. The van der Waals surface area contributed by atoms with Gasteiger partial charge in [-0.25, -0.2) is 0 Å². The maximum absolute atomic E-state index is 6.26. The summed E-state index contributed by atoms with van der Waals surface area (Å²) in [6.07, 6.45) is 1.01. The summed E-state index contributed by atoms with van der Waals surface area (Å²) < 4.78 is 6.26. The van der Waals surface area contributed by atoms with Crippen molar-refractivity contribution >= 4 is 0 Å². The Bertz CT molecular complexity index is 847. The van der Waals surface area contributed by atoms with Crippen LogP contribution < -0.4 is 10.1 Å². The first-order valence-electron chi connectivity index (χ1n) is 8.65. The molecule has 2 heterocycles. The number of ether oxygens (including phenoxy) is 1. The van der Waals surface area contributed by atoms with Gasteiger partial charge in [-0.15, -0.1) is 0 Å². The van der Waals surface area contributed by atoms with Gasteiger partial charge in [-0.1, -0.05) is 30.3 Å². The molecule has 4 nitrogen and oxygen atoms in total. The van der Waals surface area contributed by atoms with Crippen molar-refractivity contribution in [2.75, 3.05) is 6.54 Å². The maximum atomic E-state index is 6.26. The Morgan fingerprint density at radius 3 is 2.68 bits per heavy atom. The van der Waals surface area contributed by atoms with E-state index in [2.05, 4.69) is 33.7 Å². The SMILES string of the molecule is Cc1ccc(-c2ccc3c(c2)CNCCC3Oc2ccccc2)nn1. The number of hydrogen-bond donors (Lipinski definition) is 1.